The van der Waals surface area contributed by atoms with Crippen LogP contribution in [0.15, 0.2) is 67.0 Å². The third kappa shape index (κ3) is 4.30. The Morgan fingerprint density at radius 1 is 1.17 bits per heavy atom. The van der Waals surface area contributed by atoms with Crippen LogP contribution in [-0.2, 0) is 6.61 Å². The normalized spacial score (nSPS) is 10.6. The standard InChI is InChI=1S/C21H17FN6O2/c1-14-25-26-27-28(14)17-7-8-19(22)20(11-17)24-21(29)16-5-2-6-18(10-16)30-13-15-4-3-9-23-12-15/h2-12H,13H2,1H3,(H,24,29). The maximum absolute atomic E-state index is 14.3. The van der Waals surface area contributed by atoms with Gasteiger partial charge in [-0.25, -0.2) is 4.39 Å². The van der Waals surface area contributed by atoms with Crippen LogP contribution in [0.25, 0.3) is 5.69 Å². The predicted molar refractivity (Wildman–Crippen MR) is 107 cm³/mol. The number of ether oxygens (including phenoxy) is 1. The number of nitrogens with zero attached hydrogens (tertiary/aromatic N) is 5. The van der Waals surface area contributed by atoms with E-state index in [0.29, 0.717) is 29.4 Å². The lowest BCUT2D eigenvalue weighted by atomic mass is 10.2. The highest BCUT2D eigenvalue weighted by molar-refractivity contribution is 6.04. The lowest BCUT2D eigenvalue weighted by molar-refractivity contribution is 0.102. The molecule has 2 aromatic heterocycles. The number of rotatable bonds is 6. The molecule has 0 saturated heterocycles. The number of carbonyl (C=O) groups excluding carboxylic acids is 1. The largest absolute Gasteiger partial charge is 0.489 e. The molecule has 0 radical (unpaired) electrons. The molecule has 0 unspecified atom stereocenters. The second kappa shape index (κ2) is 8.48. The molecule has 1 amide bonds. The van der Waals surface area contributed by atoms with E-state index >= 15 is 0 Å². The average molecular weight is 404 g/mol. The van der Waals surface area contributed by atoms with Crippen LogP contribution in [0.5, 0.6) is 5.75 Å². The van der Waals surface area contributed by atoms with E-state index in [1.54, 1.807) is 43.6 Å². The number of pyridine rings is 1. The van der Waals surface area contributed by atoms with Gasteiger partial charge in [-0.05, 0) is 59.8 Å². The predicted octanol–water partition coefficient (Wildman–Crippen LogP) is 3.34. The number of aromatic nitrogens is 5. The van der Waals surface area contributed by atoms with Crippen LogP contribution in [0, 0.1) is 12.7 Å². The summed E-state index contributed by atoms with van der Waals surface area (Å²) in [6.07, 6.45) is 3.39. The molecular weight excluding hydrogens is 387 g/mol. The first kappa shape index (κ1) is 19.2. The molecule has 0 saturated carbocycles. The van der Waals surface area contributed by atoms with Gasteiger partial charge >= 0.3 is 0 Å². The molecule has 1 N–H and O–H groups in total. The second-order valence-electron chi connectivity index (χ2n) is 6.43. The molecule has 0 aliphatic rings. The summed E-state index contributed by atoms with van der Waals surface area (Å²) in [7, 11) is 0. The van der Waals surface area contributed by atoms with Crippen molar-refractivity contribution in [3.05, 3.63) is 89.8 Å². The first-order valence-electron chi connectivity index (χ1n) is 9.08. The smallest absolute Gasteiger partial charge is 0.255 e. The first-order valence-corrected chi connectivity index (χ1v) is 9.08. The molecule has 150 valence electrons. The molecule has 0 spiro atoms. The van der Waals surface area contributed by atoms with Crippen molar-refractivity contribution in [2.24, 2.45) is 0 Å². The van der Waals surface area contributed by atoms with Crippen molar-refractivity contribution < 1.29 is 13.9 Å². The second-order valence-corrected chi connectivity index (χ2v) is 6.43. The van der Waals surface area contributed by atoms with Crippen molar-refractivity contribution in [2.45, 2.75) is 13.5 Å². The summed E-state index contributed by atoms with van der Waals surface area (Å²) in [5.74, 6) is 0.0236. The number of nitrogens with one attached hydrogen (secondary N) is 1. The van der Waals surface area contributed by atoms with Crippen LogP contribution in [0.1, 0.15) is 21.7 Å². The van der Waals surface area contributed by atoms with Crippen molar-refractivity contribution in [1.82, 2.24) is 25.2 Å². The van der Waals surface area contributed by atoms with Gasteiger partial charge in [-0.15, -0.1) is 5.10 Å². The third-order valence-corrected chi connectivity index (χ3v) is 4.29. The van der Waals surface area contributed by atoms with Crippen molar-refractivity contribution >= 4 is 11.6 Å². The van der Waals surface area contributed by atoms with E-state index in [-0.39, 0.29) is 5.69 Å². The molecule has 0 aliphatic heterocycles. The highest BCUT2D eigenvalue weighted by Crippen LogP contribution is 2.21. The minimum absolute atomic E-state index is 0.0223. The highest BCUT2D eigenvalue weighted by atomic mass is 19.1. The van der Waals surface area contributed by atoms with Crippen LogP contribution in [0.2, 0.25) is 0 Å². The Bertz CT molecular complexity index is 1180. The van der Waals surface area contributed by atoms with Gasteiger partial charge < -0.3 is 10.1 Å². The topological polar surface area (TPSA) is 94.8 Å². The molecule has 0 bridgehead atoms. The summed E-state index contributed by atoms with van der Waals surface area (Å²) in [6, 6.07) is 14.6. The van der Waals surface area contributed by atoms with Gasteiger partial charge in [0.2, 0.25) is 0 Å². The number of carbonyl (C=O) groups is 1. The zero-order valence-corrected chi connectivity index (χ0v) is 16.0. The summed E-state index contributed by atoms with van der Waals surface area (Å²) in [6.45, 7) is 2.04. The van der Waals surface area contributed by atoms with E-state index in [1.807, 2.05) is 12.1 Å². The van der Waals surface area contributed by atoms with Crippen LogP contribution in [-0.4, -0.2) is 31.1 Å². The van der Waals surface area contributed by atoms with Gasteiger partial charge in [0.1, 0.15) is 18.2 Å². The number of aryl methyl sites for hydroxylation is 1. The monoisotopic (exact) mass is 404 g/mol. The van der Waals surface area contributed by atoms with E-state index < -0.39 is 11.7 Å². The van der Waals surface area contributed by atoms with Gasteiger partial charge in [0.15, 0.2) is 5.82 Å². The highest BCUT2D eigenvalue weighted by Gasteiger charge is 2.13. The Morgan fingerprint density at radius 2 is 2.07 bits per heavy atom. The summed E-state index contributed by atoms with van der Waals surface area (Å²) in [5, 5.41) is 13.8. The average Bonchev–Trinajstić information content (AvgIpc) is 3.20. The molecule has 2 aromatic carbocycles. The number of hydrogen-bond donors (Lipinski definition) is 1. The number of anilines is 1. The Morgan fingerprint density at radius 3 is 2.83 bits per heavy atom. The number of tetrazole rings is 1. The van der Waals surface area contributed by atoms with Gasteiger partial charge in [-0.3, -0.25) is 9.78 Å². The maximum atomic E-state index is 14.3. The molecular formula is C21H17FN6O2. The summed E-state index contributed by atoms with van der Waals surface area (Å²) >= 11 is 0. The van der Waals surface area contributed by atoms with Gasteiger partial charge in [-0.1, -0.05) is 12.1 Å². The molecule has 4 aromatic rings. The van der Waals surface area contributed by atoms with E-state index in [4.69, 9.17) is 4.74 Å². The zero-order valence-electron chi connectivity index (χ0n) is 16.0. The number of hydrogen-bond acceptors (Lipinski definition) is 6. The molecule has 4 rings (SSSR count). The van der Waals surface area contributed by atoms with Crippen LogP contribution < -0.4 is 10.1 Å². The van der Waals surface area contributed by atoms with Gasteiger partial charge in [0.25, 0.3) is 5.91 Å². The SMILES string of the molecule is Cc1nnnn1-c1ccc(F)c(NC(=O)c2cccc(OCc3cccnc3)c2)c1. The fourth-order valence-electron chi connectivity index (χ4n) is 2.78. The van der Waals surface area contributed by atoms with Crippen molar-refractivity contribution in [3.63, 3.8) is 0 Å². The fourth-order valence-corrected chi connectivity index (χ4v) is 2.78. The summed E-state index contributed by atoms with van der Waals surface area (Å²) in [4.78, 5) is 16.7. The summed E-state index contributed by atoms with van der Waals surface area (Å²) < 4.78 is 21.4. The minimum Gasteiger partial charge on any atom is -0.489 e. The fraction of sp³-hybridized carbons (Fsp3) is 0.0952. The lowest BCUT2D eigenvalue weighted by Crippen LogP contribution is -2.14. The van der Waals surface area contributed by atoms with Crippen LogP contribution in [0.4, 0.5) is 10.1 Å². The van der Waals surface area contributed by atoms with Gasteiger partial charge in [0.05, 0.1) is 11.4 Å². The molecule has 0 fully saturated rings. The number of benzene rings is 2. The van der Waals surface area contributed by atoms with Crippen LogP contribution >= 0.6 is 0 Å². The molecule has 30 heavy (non-hydrogen) atoms. The van der Waals surface area contributed by atoms with Gasteiger partial charge in [-0.2, -0.15) is 4.68 Å². The van der Waals surface area contributed by atoms with Crippen molar-refractivity contribution in [3.8, 4) is 11.4 Å². The quantitative estimate of drug-likeness (QED) is 0.530. The van der Waals surface area contributed by atoms with Crippen LogP contribution in [0.3, 0.4) is 0 Å². The van der Waals surface area contributed by atoms with Gasteiger partial charge in [0, 0.05) is 23.5 Å². The van der Waals surface area contributed by atoms with E-state index in [0.717, 1.165) is 5.56 Å². The number of halogens is 1. The molecule has 9 heteroatoms. The maximum Gasteiger partial charge on any atom is 0.255 e. The molecule has 2 heterocycles. The molecule has 8 nitrogen and oxygen atoms in total. The van der Waals surface area contributed by atoms with Crippen molar-refractivity contribution in [2.75, 3.05) is 5.32 Å². The number of amides is 1. The van der Waals surface area contributed by atoms with E-state index in [9.17, 15) is 9.18 Å². The molecule has 0 aliphatic carbocycles. The Hall–Kier alpha value is -4.14. The minimum atomic E-state index is -0.568. The third-order valence-electron chi connectivity index (χ3n) is 4.29. The van der Waals surface area contributed by atoms with E-state index in [2.05, 4.69) is 25.8 Å². The Kier molecular flexibility index (Phi) is 5.42. The first-order chi connectivity index (χ1) is 14.6. The lowest BCUT2D eigenvalue weighted by Gasteiger charge is -2.11. The zero-order chi connectivity index (χ0) is 20.9. The van der Waals surface area contributed by atoms with E-state index in [1.165, 1.54) is 22.9 Å². The van der Waals surface area contributed by atoms with Crippen molar-refractivity contribution in [1.29, 1.82) is 0 Å². The summed E-state index contributed by atoms with van der Waals surface area (Å²) in [5.41, 5.74) is 1.79. The Balaban J connectivity index is 1.49. The molecule has 0 atom stereocenters. The Labute approximate surface area is 171 Å².